The molecule has 0 spiro atoms. The molecule has 11 nitrogen and oxygen atoms in total. The zero-order valence-electron chi connectivity index (χ0n) is 29.2. The van der Waals surface area contributed by atoms with Gasteiger partial charge in [0.15, 0.2) is 11.6 Å². The number of nitrogens with zero attached hydrogens (tertiary/aromatic N) is 5. The lowest BCUT2D eigenvalue weighted by Gasteiger charge is -2.35. The first kappa shape index (κ1) is 34.4. The second-order valence-corrected chi connectivity index (χ2v) is 17.1. The van der Waals surface area contributed by atoms with Crippen molar-refractivity contribution in [2.75, 3.05) is 45.1 Å². The number of piperidine rings is 1. The van der Waals surface area contributed by atoms with Crippen LogP contribution in [-0.4, -0.2) is 95.0 Å². The maximum absolute atomic E-state index is 17.2. The number of carbonyl (C=O) groups excluding carboxylic acids is 1. The molecule has 16 heteroatoms. The fourth-order valence-electron chi connectivity index (χ4n) is 9.40. The van der Waals surface area contributed by atoms with E-state index in [1.54, 1.807) is 0 Å². The predicted octanol–water partition coefficient (Wildman–Crippen LogP) is 5.98. The number of alkyl halides is 1. The molecular formula is C38H37ClF3N7O4S. The van der Waals surface area contributed by atoms with Crippen LogP contribution >= 0.6 is 22.9 Å². The molecule has 6 aliphatic rings. The number of rotatable bonds is 7. The highest BCUT2D eigenvalue weighted by atomic mass is 35.5. The third-order valence-electron chi connectivity index (χ3n) is 12.4. The maximum Gasteiger partial charge on any atom is 0.320 e. The number of likely N-dealkylation sites (tertiary alicyclic amines) is 1. The fraction of sp³-hybridized carbons (Fsp3) is 0.526. The van der Waals surface area contributed by atoms with Crippen LogP contribution in [0, 0.1) is 34.8 Å². The number of carbonyl (C=O) groups is 1. The van der Waals surface area contributed by atoms with Crippen LogP contribution in [0.2, 0.25) is 5.02 Å². The first-order chi connectivity index (χ1) is 26.1. The van der Waals surface area contributed by atoms with Gasteiger partial charge in [-0.2, -0.15) is 15.2 Å². The molecule has 282 valence electrons. The van der Waals surface area contributed by atoms with Gasteiger partial charge >= 0.3 is 6.01 Å². The van der Waals surface area contributed by atoms with Crippen molar-refractivity contribution in [3.63, 3.8) is 0 Å². The molecule has 0 bridgehead atoms. The van der Waals surface area contributed by atoms with E-state index in [4.69, 9.17) is 31.5 Å². The number of fused-ring (bicyclic) bond motifs is 2. The monoisotopic (exact) mass is 779 g/mol. The molecule has 1 amide bonds. The number of hydrogen-bond donors (Lipinski definition) is 2. The summed E-state index contributed by atoms with van der Waals surface area (Å²) in [4.78, 5) is 26.4. The van der Waals surface area contributed by atoms with Crippen LogP contribution in [0.1, 0.15) is 50.5 Å². The third kappa shape index (κ3) is 5.46. The van der Waals surface area contributed by atoms with Crippen molar-refractivity contribution >= 4 is 54.8 Å². The van der Waals surface area contributed by atoms with E-state index in [1.807, 2.05) is 11.0 Å². The summed E-state index contributed by atoms with van der Waals surface area (Å²) >= 11 is 7.96. The fourth-order valence-corrected chi connectivity index (χ4v) is 10.7. The minimum Gasteiger partial charge on any atom is -0.487 e. The van der Waals surface area contributed by atoms with Gasteiger partial charge in [0.1, 0.15) is 59.3 Å². The zero-order valence-corrected chi connectivity index (χ0v) is 30.8. The first-order valence-corrected chi connectivity index (χ1v) is 19.8. The molecule has 7 heterocycles. The molecule has 4 unspecified atom stereocenters. The molecule has 2 aromatic heterocycles. The van der Waals surface area contributed by atoms with Crippen LogP contribution in [-0.2, 0) is 4.79 Å². The number of amides is 1. The molecule has 4 aromatic rings. The Morgan fingerprint density at radius 2 is 1.98 bits per heavy atom. The van der Waals surface area contributed by atoms with Gasteiger partial charge < -0.3 is 24.8 Å². The summed E-state index contributed by atoms with van der Waals surface area (Å²) in [5.74, 6) is -0.620. The highest BCUT2D eigenvalue weighted by molar-refractivity contribution is 7.23. The number of nitrogen functional groups attached to an aromatic ring is 1. The van der Waals surface area contributed by atoms with Crippen LogP contribution in [0.5, 0.6) is 17.6 Å². The number of halogens is 4. The number of aromatic nitrogens is 2. The van der Waals surface area contributed by atoms with Crippen LogP contribution in [0.4, 0.5) is 18.2 Å². The van der Waals surface area contributed by atoms with Crippen LogP contribution < -0.4 is 25.3 Å². The normalized spacial score (nSPS) is 28.1. The number of nitriles is 1. The van der Waals surface area contributed by atoms with E-state index < -0.39 is 29.4 Å². The summed E-state index contributed by atoms with van der Waals surface area (Å²) < 4.78 is 66.2. The molecule has 5 atom stereocenters. The smallest absolute Gasteiger partial charge is 0.320 e. The van der Waals surface area contributed by atoms with E-state index in [2.05, 4.69) is 20.2 Å². The van der Waals surface area contributed by atoms with E-state index >= 15 is 8.78 Å². The molecule has 1 aliphatic carbocycles. The molecule has 54 heavy (non-hydrogen) atoms. The third-order valence-corrected chi connectivity index (χ3v) is 13.8. The maximum atomic E-state index is 17.2. The average molecular weight is 780 g/mol. The predicted molar refractivity (Wildman–Crippen MR) is 196 cm³/mol. The standard InChI is InChI=1S/C38H37ClF3N7O4S/c39-27-25(20-4-5-22(41)33-24(20)21(13-43)34(44)54-33)28(42)30-26-32(27)51-15-23(17-6-10-48(11-7-17)36(50)31-29(45-31)18-2-3-18)53-35(26)47-37(46-30)52-16-38-8-1-9-49(38)14-19(40)12-38/h4-5,17-19,23,29,31,45H,1-3,6-12,14-16,44H2/t19-,23?,29?,31?,38?/m1/s1. The molecule has 3 N–H and O–H groups in total. The summed E-state index contributed by atoms with van der Waals surface area (Å²) in [5.41, 5.74) is 5.43. The molecule has 4 saturated heterocycles. The van der Waals surface area contributed by atoms with E-state index in [9.17, 15) is 14.4 Å². The summed E-state index contributed by atoms with van der Waals surface area (Å²) in [6.45, 7) is 2.39. The summed E-state index contributed by atoms with van der Waals surface area (Å²) in [7, 11) is 0. The Morgan fingerprint density at radius 1 is 1.17 bits per heavy atom. The lowest BCUT2D eigenvalue weighted by molar-refractivity contribution is -0.132. The number of thiophene rings is 1. The molecule has 10 rings (SSSR count). The van der Waals surface area contributed by atoms with Gasteiger partial charge in [-0.05, 0) is 62.6 Å². The molecule has 5 aliphatic heterocycles. The summed E-state index contributed by atoms with van der Waals surface area (Å²) in [5, 5.41) is 13.6. The minimum atomic E-state index is -0.971. The quantitative estimate of drug-likeness (QED) is 0.215. The van der Waals surface area contributed by atoms with Gasteiger partial charge in [-0.3, -0.25) is 15.0 Å². The van der Waals surface area contributed by atoms with Crippen LogP contribution in [0.25, 0.3) is 32.1 Å². The van der Waals surface area contributed by atoms with Crippen LogP contribution in [0.15, 0.2) is 12.1 Å². The van der Waals surface area contributed by atoms with Gasteiger partial charge in [0.25, 0.3) is 0 Å². The minimum absolute atomic E-state index is 0.0103. The van der Waals surface area contributed by atoms with Gasteiger partial charge in [0.2, 0.25) is 11.8 Å². The van der Waals surface area contributed by atoms with Gasteiger partial charge in [-0.15, -0.1) is 11.3 Å². The molecule has 1 saturated carbocycles. The van der Waals surface area contributed by atoms with E-state index in [1.165, 1.54) is 25.0 Å². The Kier molecular flexibility index (Phi) is 8.10. The highest BCUT2D eigenvalue weighted by Crippen LogP contribution is 2.51. The molecule has 0 radical (unpaired) electrons. The van der Waals surface area contributed by atoms with Crippen molar-refractivity contribution in [3.05, 3.63) is 34.4 Å². The Hall–Kier alpha value is -4.10. The zero-order chi connectivity index (χ0) is 37.0. The van der Waals surface area contributed by atoms with E-state index in [0.717, 1.165) is 30.7 Å². The molecule has 5 fully saturated rings. The number of benzene rings is 2. The van der Waals surface area contributed by atoms with Crippen molar-refractivity contribution in [1.29, 1.82) is 5.26 Å². The second kappa shape index (κ2) is 12.7. The number of nitrogens with one attached hydrogen (secondary N) is 1. The SMILES string of the molecule is N#Cc1c(N)sc2c(F)ccc(-c3c(Cl)c4c5c(nc(OCC67CCCN6C[C@H](F)C7)nc5c3F)OC(C3CCN(C(=O)C5NC5C5CC5)CC3)CO4)c12. The second-order valence-electron chi connectivity index (χ2n) is 15.6. The highest BCUT2D eigenvalue weighted by Gasteiger charge is 2.53. The van der Waals surface area contributed by atoms with Gasteiger partial charge in [-0.25, -0.2) is 13.2 Å². The largest absolute Gasteiger partial charge is 0.487 e. The van der Waals surface area contributed by atoms with Gasteiger partial charge in [-0.1, -0.05) is 17.7 Å². The van der Waals surface area contributed by atoms with Crippen molar-refractivity contribution < 1.29 is 32.2 Å². The average Bonchev–Trinajstić information content (AvgIpc) is 4.07. The van der Waals surface area contributed by atoms with Crippen molar-refractivity contribution in [1.82, 2.24) is 25.1 Å². The van der Waals surface area contributed by atoms with Gasteiger partial charge in [0.05, 0.1) is 20.8 Å². The lowest BCUT2D eigenvalue weighted by atomic mass is 9.91. The van der Waals surface area contributed by atoms with Crippen molar-refractivity contribution in [2.45, 2.75) is 74.8 Å². The van der Waals surface area contributed by atoms with E-state index in [0.29, 0.717) is 50.9 Å². The molecule has 2 aromatic carbocycles. The Morgan fingerprint density at radius 3 is 2.76 bits per heavy atom. The Balaban J connectivity index is 1.02. The Bertz CT molecular complexity index is 2280. The number of hydrogen-bond acceptors (Lipinski definition) is 11. The molecular weight excluding hydrogens is 743 g/mol. The Labute approximate surface area is 317 Å². The number of ether oxygens (including phenoxy) is 3. The van der Waals surface area contributed by atoms with Crippen molar-refractivity contribution in [2.24, 2.45) is 11.8 Å². The summed E-state index contributed by atoms with van der Waals surface area (Å²) in [6, 6.07) is 4.64. The van der Waals surface area contributed by atoms with Crippen LogP contribution in [0.3, 0.4) is 0 Å². The number of nitrogens with two attached hydrogens (primary N) is 1. The lowest BCUT2D eigenvalue weighted by Crippen LogP contribution is -2.46. The first-order valence-electron chi connectivity index (χ1n) is 18.6. The van der Waals surface area contributed by atoms with Gasteiger partial charge in [0, 0.05) is 49.0 Å². The van der Waals surface area contributed by atoms with E-state index in [-0.39, 0.29) is 96.4 Å². The topological polar surface area (TPSA) is 149 Å². The van der Waals surface area contributed by atoms with Crippen molar-refractivity contribution in [3.8, 4) is 34.8 Å². The number of anilines is 1. The summed E-state index contributed by atoms with van der Waals surface area (Å²) in [6.07, 6.45) is 4.16.